The van der Waals surface area contributed by atoms with Crippen molar-refractivity contribution in [2.45, 2.75) is 19.4 Å². The molecule has 0 fully saturated rings. The van der Waals surface area contributed by atoms with Gasteiger partial charge in [0, 0.05) is 18.1 Å². The van der Waals surface area contributed by atoms with Crippen LogP contribution in [0.4, 0.5) is 0 Å². The van der Waals surface area contributed by atoms with E-state index in [2.05, 4.69) is 0 Å². The van der Waals surface area contributed by atoms with Crippen LogP contribution in [-0.4, -0.2) is 35.0 Å². The molecule has 0 aliphatic rings. The number of hydrogen-bond donors (Lipinski definition) is 1. The second-order valence-corrected chi connectivity index (χ2v) is 4.53. The van der Waals surface area contributed by atoms with E-state index in [1.807, 2.05) is 0 Å². The molecule has 102 valence electrons. The van der Waals surface area contributed by atoms with Crippen LogP contribution in [0.5, 0.6) is 0 Å². The first-order valence-corrected chi connectivity index (χ1v) is 6.26. The first-order chi connectivity index (χ1) is 8.95. The van der Waals surface area contributed by atoms with E-state index in [4.69, 9.17) is 16.7 Å². The third-order valence-corrected chi connectivity index (χ3v) is 3.03. The lowest BCUT2D eigenvalue weighted by Crippen LogP contribution is -2.41. The van der Waals surface area contributed by atoms with Crippen molar-refractivity contribution in [1.29, 1.82) is 0 Å². The van der Waals surface area contributed by atoms with E-state index >= 15 is 0 Å². The van der Waals surface area contributed by atoms with Crippen LogP contribution in [0.2, 0.25) is 5.02 Å². The Kier molecular flexibility index (Phi) is 5.57. The molecule has 19 heavy (non-hydrogen) atoms. The molecule has 0 spiro atoms. The fraction of sp³-hybridized carbons (Fsp3) is 0.286. The van der Waals surface area contributed by atoms with Crippen molar-refractivity contribution in [1.82, 2.24) is 4.90 Å². The van der Waals surface area contributed by atoms with Crippen molar-refractivity contribution >= 4 is 29.6 Å². The number of aliphatic carboxylic acids is 1. The molecule has 0 heterocycles. The Morgan fingerprint density at radius 1 is 1.37 bits per heavy atom. The van der Waals surface area contributed by atoms with Gasteiger partial charge in [0.2, 0.25) is 5.91 Å². The summed E-state index contributed by atoms with van der Waals surface area (Å²) in [5.74, 6) is -1.34. The van der Waals surface area contributed by atoms with E-state index in [9.17, 15) is 9.59 Å². The number of hydrogen-bond acceptors (Lipinski definition) is 2. The van der Waals surface area contributed by atoms with Gasteiger partial charge in [0.1, 0.15) is 6.04 Å². The summed E-state index contributed by atoms with van der Waals surface area (Å²) in [7, 11) is 1.48. The third-order valence-electron chi connectivity index (χ3n) is 2.78. The van der Waals surface area contributed by atoms with Crippen molar-refractivity contribution in [3.8, 4) is 0 Å². The lowest BCUT2D eigenvalue weighted by molar-refractivity contribution is -0.147. The number of halogens is 1. The van der Waals surface area contributed by atoms with Crippen molar-refractivity contribution in [3.63, 3.8) is 0 Å². The minimum atomic E-state index is -1.00. The Labute approximate surface area is 117 Å². The molecule has 1 rings (SSSR count). The molecule has 1 N–H and O–H groups in total. The fourth-order valence-electron chi connectivity index (χ4n) is 1.63. The van der Waals surface area contributed by atoms with Crippen LogP contribution in [-0.2, 0) is 9.59 Å². The molecular weight excluding hydrogens is 266 g/mol. The van der Waals surface area contributed by atoms with E-state index in [0.29, 0.717) is 11.4 Å². The molecule has 0 radical (unpaired) electrons. The number of nitrogens with zero attached hydrogens (tertiary/aromatic N) is 1. The molecule has 1 unspecified atom stereocenters. The van der Waals surface area contributed by atoms with Gasteiger partial charge in [0.05, 0.1) is 0 Å². The summed E-state index contributed by atoms with van der Waals surface area (Å²) in [6.07, 6.45) is 3.35. The maximum absolute atomic E-state index is 11.8. The number of likely N-dealkylation sites (N-methyl/N-ethyl adjacent to an activating group) is 1. The van der Waals surface area contributed by atoms with Crippen molar-refractivity contribution in [2.24, 2.45) is 0 Å². The quantitative estimate of drug-likeness (QED) is 0.844. The number of carboxylic acids is 1. The van der Waals surface area contributed by atoms with Crippen LogP contribution in [0.3, 0.4) is 0 Å². The van der Waals surface area contributed by atoms with Crippen LogP contribution in [0, 0.1) is 0 Å². The predicted octanol–water partition coefficient (Wildman–Crippen LogP) is 2.67. The smallest absolute Gasteiger partial charge is 0.326 e. The molecule has 1 aromatic rings. The molecule has 5 heteroatoms. The predicted molar refractivity (Wildman–Crippen MR) is 75.0 cm³/mol. The van der Waals surface area contributed by atoms with Gasteiger partial charge < -0.3 is 10.0 Å². The average Bonchev–Trinajstić information content (AvgIpc) is 2.38. The van der Waals surface area contributed by atoms with Crippen LogP contribution >= 0.6 is 11.6 Å². The fourth-order valence-corrected chi connectivity index (χ4v) is 1.75. The molecule has 1 aromatic carbocycles. The highest BCUT2D eigenvalue weighted by Crippen LogP contribution is 2.11. The molecule has 1 atom stereocenters. The van der Waals surface area contributed by atoms with E-state index < -0.39 is 12.0 Å². The first-order valence-electron chi connectivity index (χ1n) is 5.89. The van der Waals surface area contributed by atoms with Gasteiger partial charge in [0.25, 0.3) is 0 Å². The van der Waals surface area contributed by atoms with Gasteiger partial charge >= 0.3 is 5.97 Å². The van der Waals surface area contributed by atoms with Crippen LogP contribution in [0.15, 0.2) is 30.3 Å². The van der Waals surface area contributed by atoms with Gasteiger partial charge in [-0.1, -0.05) is 30.7 Å². The molecule has 0 aromatic heterocycles. The Morgan fingerprint density at radius 2 is 1.95 bits per heavy atom. The SMILES string of the molecule is CCC(C(=O)O)N(C)C(=O)C=Cc1ccc(Cl)cc1. The Morgan fingerprint density at radius 3 is 2.42 bits per heavy atom. The highest BCUT2D eigenvalue weighted by Gasteiger charge is 2.22. The van der Waals surface area contributed by atoms with Crippen LogP contribution in [0.1, 0.15) is 18.9 Å². The molecular formula is C14H16ClNO3. The number of rotatable bonds is 5. The second kappa shape index (κ2) is 6.95. The molecule has 0 aliphatic carbocycles. The zero-order valence-electron chi connectivity index (χ0n) is 10.8. The highest BCUT2D eigenvalue weighted by atomic mass is 35.5. The average molecular weight is 282 g/mol. The lowest BCUT2D eigenvalue weighted by atomic mass is 10.2. The molecule has 1 amide bonds. The zero-order valence-corrected chi connectivity index (χ0v) is 11.6. The summed E-state index contributed by atoms with van der Waals surface area (Å²) in [5.41, 5.74) is 0.828. The zero-order chi connectivity index (χ0) is 14.4. The van der Waals surface area contributed by atoms with Gasteiger partial charge in [-0.15, -0.1) is 0 Å². The standard InChI is InChI=1S/C14H16ClNO3/c1-3-12(14(18)19)16(2)13(17)9-6-10-4-7-11(15)8-5-10/h4-9,12H,3H2,1-2H3,(H,18,19). The van der Waals surface area contributed by atoms with E-state index in [1.54, 1.807) is 37.3 Å². The maximum Gasteiger partial charge on any atom is 0.326 e. The Balaban J connectivity index is 2.73. The van der Waals surface area contributed by atoms with E-state index in [-0.39, 0.29) is 5.91 Å². The number of benzene rings is 1. The monoisotopic (exact) mass is 281 g/mol. The second-order valence-electron chi connectivity index (χ2n) is 4.10. The van der Waals surface area contributed by atoms with E-state index in [0.717, 1.165) is 5.56 Å². The first kappa shape index (κ1) is 15.2. The number of carbonyl (C=O) groups excluding carboxylic acids is 1. The number of amides is 1. The van der Waals surface area contributed by atoms with Crippen LogP contribution < -0.4 is 0 Å². The van der Waals surface area contributed by atoms with Crippen molar-refractivity contribution in [3.05, 3.63) is 40.9 Å². The van der Waals surface area contributed by atoms with Gasteiger partial charge in [-0.25, -0.2) is 4.79 Å². The Bertz CT molecular complexity index is 482. The number of carbonyl (C=O) groups is 2. The third kappa shape index (κ3) is 4.41. The van der Waals surface area contributed by atoms with Gasteiger partial charge in [-0.3, -0.25) is 4.79 Å². The molecule has 0 bridgehead atoms. The molecule has 4 nitrogen and oxygen atoms in total. The van der Waals surface area contributed by atoms with Gasteiger partial charge in [-0.05, 0) is 30.2 Å². The summed E-state index contributed by atoms with van der Waals surface area (Å²) in [4.78, 5) is 24.0. The molecule has 0 aliphatic heterocycles. The van der Waals surface area contributed by atoms with Crippen molar-refractivity contribution in [2.75, 3.05) is 7.05 Å². The minimum Gasteiger partial charge on any atom is -0.480 e. The normalized spacial score (nSPS) is 12.4. The molecule has 0 saturated heterocycles. The Hall–Kier alpha value is -1.81. The topological polar surface area (TPSA) is 57.6 Å². The number of carboxylic acid groups (broad SMARTS) is 1. The summed E-state index contributed by atoms with van der Waals surface area (Å²) < 4.78 is 0. The van der Waals surface area contributed by atoms with Gasteiger partial charge in [-0.2, -0.15) is 0 Å². The van der Waals surface area contributed by atoms with Crippen molar-refractivity contribution < 1.29 is 14.7 Å². The van der Waals surface area contributed by atoms with Gasteiger partial charge in [0.15, 0.2) is 0 Å². The largest absolute Gasteiger partial charge is 0.480 e. The summed E-state index contributed by atoms with van der Waals surface area (Å²) >= 11 is 5.76. The maximum atomic E-state index is 11.8. The lowest BCUT2D eigenvalue weighted by Gasteiger charge is -2.22. The minimum absolute atomic E-state index is 0.343. The van der Waals surface area contributed by atoms with Crippen LogP contribution in [0.25, 0.3) is 6.08 Å². The molecule has 0 saturated carbocycles. The van der Waals surface area contributed by atoms with E-state index in [1.165, 1.54) is 18.0 Å². The summed E-state index contributed by atoms with van der Waals surface area (Å²) in [6, 6.07) is 6.20. The highest BCUT2D eigenvalue weighted by molar-refractivity contribution is 6.30. The summed E-state index contributed by atoms with van der Waals surface area (Å²) in [6.45, 7) is 1.73. The summed E-state index contributed by atoms with van der Waals surface area (Å²) in [5, 5.41) is 9.60.